The van der Waals surface area contributed by atoms with Crippen LogP contribution in [0.15, 0.2) is 34.8 Å². The second kappa shape index (κ2) is 10.4. The van der Waals surface area contributed by atoms with Gasteiger partial charge in [0.25, 0.3) is 0 Å². The molecule has 0 saturated heterocycles. The highest BCUT2D eigenvalue weighted by Gasteiger charge is 2.13. The van der Waals surface area contributed by atoms with Gasteiger partial charge in [-0.3, -0.25) is 9.59 Å². The fourth-order valence-corrected chi connectivity index (χ4v) is 3.74. The first-order valence-corrected chi connectivity index (χ1v) is 9.93. The number of benzene rings is 1. The summed E-state index contributed by atoms with van der Waals surface area (Å²) in [7, 11) is 0. The van der Waals surface area contributed by atoms with E-state index in [0.717, 1.165) is 4.88 Å². The topological polar surface area (TPSA) is 81.7 Å². The van der Waals surface area contributed by atoms with Gasteiger partial charge in [-0.2, -0.15) is 0 Å². The molecular weight excluding hydrogens is 458 g/mol. The highest BCUT2D eigenvalue weighted by atomic mass is 79.9. The zero-order valence-corrected chi connectivity index (χ0v) is 17.6. The lowest BCUT2D eigenvalue weighted by Gasteiger charge is -2.08. The molecule has 0 spiro atoms. The van der Waals surface area contributed by atoms with Gasteiger partial charge in [0.1, 0.15) is 5.75 Å². The van der Waals surface area contributed by atoms with Crippen molar-refractivity contribution in [1.82, 2.24) is 5.32 Å². The van der Waals surface area contributed by atoms with Crippen LogP contribution in [0.1, 0.15) is 21.5 Å². The number of esters is 1. The molecule has 0 aliphatic rings. The number of halogens is 2. The number of hydrogen-bond acceptors (Lipinski definition) is 6. The van der Waals surface area contributed by atoms with E-state index in [-0.39, 0.29) is 24.9 Å². The van der Waals surface area contributed by atoms with Gasteiger partial charge in [-0.05, 0) is 52.7 Å². The lowest BCUT2D eigenvalue weighted by atomic mass is 10.3. The van der Waals surface area contributed by atoms with Crippen molar-refractivity contribution >= 4 is 56.5 Å². The van der Waals surface area contributed by atoms with Gasteiger partial charge in [0.15, 0.2) is 13.2 Å². The number of amides is 1. The third-order valence-corrected chi connectivity index (χ3v) is 5.33. The van der Waals surface area contributed by atoms with Crippen molar-refractivity contribution in [1.29, 1.82) is 0 Å². The summed E-state index contributed by atoms with van der Waals surface area (Å²) in [6, 6.07) is 8.41. The van der Waals surface area contributed by atoms with Crippen molar-refractivity contribution in [3.63, 3.8) is 0 Å². The minimum atomic E-state index is -0.646. The van der Waals surface area contributed by atoms with Gasteiger partial charge in [0.05, 0.1) is 9.35 Å². The molecule has 0 saturated carbocycles. The quantitative estimate of drug-likeness (QED) is 0.443. The molecule has 1 amide bonds. The van der Waals surface area contributed by atoms with Gasteiger partial charge in [0, 0.05) is 23.4 Å². The second-order valence-electron chi connectivity index (χ2n) is 5.45. The monoisotopic (exact) mass is 473 g/mol. The molecule has 27 heavy (non-hydrogen) atoms. The average molecular weight is 475 g/mol. The first kappa shape index (κ1) is 21.4. The van der Waals surface area contributed by atoms with Crippen LogP contribution in [0.4, 0.5) is 0 Å². The summed E-state index contributed by atoms with van der Waals surface area (Å²) < 4.78 is 10.9. The van der Waals surface area contributed by atoms with Crippen LogP contribution >= 0.6 is 38.9 Å². The van der Waals surface area contributed by atoms with Crippen LogP contribution in [-0.2, 0) is 20.7 Å². The number of thiophene rings is 1. The van der Waals surface area contributed by atoms with E-state index in [1.165, 1.54) is 18.3 Å². The summed E-state index contributed by atoms with van der Waals surface area (Å²) in [6.07, 6.45) is 0.640. The molecule has 0 aliphatic heterocycles. The molecule has 0 atom stereocenters. The summed E-state index contributed by atoms with van der Waals surface area (Å²) in [5, 5.41) is 3.23. The maximum absolute atomic E-state index is 12.1. The van der Waals surface area contributed by atoms with Crippen LogP contribution in [0.3, 0.4) is 0 Å². The van der Waals surface area contributed by atoms with Crippen LogP contribution in [-0.4, -0.2) is 37.4 Å². The maximum Gasteiger partial charge on any atom is 0.344 e. The predicted octanol–water partition coefficient (Wildman–Crippen LogP) is 3.65. The Kier molecular flexibility index (Phi) is 8.27. The van der Waals surface area contributed by atoms with E-state index in [1.807, 2.05) is 6.07 Å². The van der Waals surface area contributed by atoms with E-state index in [0.29, 0.717) is 33.1 Å². The molecule has 0 unspecified atom stereocenters. The number of Topliss-reactive ketones (excluding diaryl/α,β-unsaturated/α-hetero) is 1. The lowest BCUT2D eigenvalue weighted by molar-refractivity contribution is -0.144. The highest BCUT2D eigenvalue weighted by Crippen LogP contribution is 2.27. The van der Waals surface area contributed by atoms with Crippen LogP contribution in [0, 0.1) is 0 Å². The first-order valence-electron chi connectivity index (χ1n) is 7.95. The summed E-state index contributed by atoms with van der Waals surface area (Å²) >= 11 is 10.4. The number of carbonyl (C=O) groups is 3. The Morgan fingerprint density at radius 2 is 1.96 bits per heavy atom. The summed E-state index contributed by atoms with van der Waals surface area (Å²) in [5.74, 6) is -0.577. The van der Waals surface area contributed by atoms with Gasteiger partial charge < -0.3 is 14.8 Å². The van der Waals surface area contributed by atoms with Crippen molar-refractivity contribution in [2.24, 2.45) is 0 Å². The van der Waals surface area contributed by atoms with Crippen molar-refractivity contribution in [2.45, 2.75) is 13.3 Å². The molecule has 1 aromatic carbocycles. The van der Waals surface area contributed by atoms with Gasteiger partial charge in [0.2, 0.25) is 11.7 Å². The normalized spacial score (nSPS) is 10.3. The van der Waals surface area contributed by atoms with Gasteiger partial charge in [-0.15, -0.1) is 11.3 Å². The smallest absolute Gasteiger partial charge is 0.344 e. The molecule has 2 aromatic rings. The van der Waals surface area contributed by atoms with E-state index in [9.17, 15) is 14.4 Å². The lowest BCUT2D eigenvalue weighted by Crippen LogP contribution is -2.22. The molecule has 0 fully saturated rings. The molecule has 0 bridgehead atoms. The van der Waals surface area contributed by atoms with E-state index in [2.05, 4.69) is 21.2 Å². The summed E-state index contributed by atoms with van der Waals surface area (Å²) in [4.78, 5) is 36.2. The van der Waals surface area contributed by atoms with E-state index in [1.54, 1.807) is 24.3 Å². The van der Waals surface area contributed by atoms with Crippen LogP contribution < -0.4 is 10.1 Å². The van der Waals surface area contributed by atoms with Crippen molar-refractivity contribution in [3.05, 3.63) is 49.6 Å². The number of ketones is 1. The van der Waals surface area contributed by atoms with Crippen molar-refractivity contribution in [2.75, 3.05) is 19.8 Å². The SMILES string of the molecule is CC(=O)NCCc1ccc(C(=O)COC(=O)COc2ccc(Cl)cc2Br)s1. The fourth-order valence-electron chi connectivity index (χ4n) is 2.01. The zero-order chi connectivity index (χ0) is 19.8. The first-order chi connectivity index (χ1) is 12.8. The minimum absolute atomic E-state index is 0.0948. The van der Waals surface area contributed by atoms with Crippen LogP contribution in [0.5, 0.6) is 5.75 Å². The van der Waals surface area contributed by atoms with Crippen molar-refractivity contribution in [3.8, 4) is 5.75 Å². The number of ether oxygens (including phenoxy) is 2. The molecule has 0 aliphatic carbocycles. The summed E-state index contributed by atoms with van der Waals surface area (Å²) in [6.45, 7) is 1.29. The Hall–Kier alpha value is -1.90. The second-order valence-corrected chi connectivity index (χ2v) is 7.91. The molecule has 2 rings (SSSR count). The third kappa shape index (κ3) is 7.32. The minimum Gasteiger partial charge on any atom is -0.481 e. The summed E-state index contributed by atoms with van der Waals surface area (Å²) in [5.41, 5.74) is 0. The van der Waals surface area contributed by atoms with Crippen LogP contribution in [0.2, 0.25) is 5.02 Å². The standard InChI is InChI=1S/C18H17BrClNO5S/c1-11(22)21-7-6-13-3-5-17(27-13)15(23)9-26-18(24)10-25-16-4-2-12(20)8-14(16)19/h2-5,8H,6-7,9-10H2,1H3,(H,21,22). The number of carbonyl (C=O) groups excluding carboxylic acids is 3. The maximum atomic E-state index is 12.1. The Bertz CT molecular complexity index is 839. The Labute approximate surface area is 173 Å². The molecule has 1 N–H and O–H groups in total. The number of rotatable bonds is 9. The van der Waals surface area contributed by atoms with Crippen LogP contribution in [0.25, 0.3) is 0 Å². The molecule has 1 aromatic heterocycles. The largest absolute Gasteiger partial charge is 0.481 e. The van der Waals surface area contributed by atoms with E-state index >= 15 is 0 Å². The van der Waals surface area contributed by atoms with E-state index < -0.39 is 5.97 Å². The fraction of sp³-hybridized carbons (Fsp3) is 0.278. The molecule has 9 heteroatoms. The zero-order valence-electron chi connectivity index (χ0n) is 14.4. The van der Waals surface area contributed by atoms with E-state index in [4.69, 9.17) is 21.1 Å². The Balaban J connectivity index is 1.75. The van der Waals surface area contributed by atoms with Gasteiger partial charge in [-0.25, -0.2) is 4.79 Å². The third-order valence-electron chi connectivity index (χ3n) is 3.29. The molecule has 1 heterocycles. The van der Waals surface area contributed by atoms with Crippen molar-refractivity contribution < 1.29 is 23.9 Å². The number of hydrogen-bond donors (Lipinski definition) is 1. The van der Waals surface area contributed by atoms with Gasteiger partial charge >= 0.3 is 5.97 Å². The predicted molar refractivity (Wildman–Crippen MR) is 107 cm³/mol. The highest BCUT2D eigenvalue weighted by molar-refractivity contribution is 9.10. The Morgan fingerprint density at radius 3 is 2.67 bits per heavy atom. The number of nitrogens with one attached hydrogen (secondary N) is 1. The molecule has 144 valence electrons. The van der Waals surface area contributed by atoms with Gasteiger partial charge in [-0.1, -0.05) is 11.6 Å². The molecule has 0 radical (unpaired) electrons. The average Bonchev–Trinajstić information content (AvgIpc) is 3.07. The Morgan fingerprint density at radius 1 is 1.19 bits per heavy atom. The molecule has 6 nitrogen and oxygen atoms in total. The molecular formula is C18H17BrClNO5S.